The Morgan fingerprint density at radius 2 is 1.64 bits per heavy atom. The summed E-state index contributed by atoms with van der Waals surface area (Å²) in [5, 5.41) is 8.06. The summed E-state index contributed by atoms with van der Waals surface area (Å²) < 4.78 is 39.6. The van der Waals surface area contributed by atoms with E-state index in [9.17, 15) is 18.0 Å². The van der Waals surface area contributed by atoms with Crippen molar-refractivity contribution in [3.05, 3.63) is 76.6 Å². The van der Waals surface area contributed by atoms with Crippen molar-refractivity contribution < 1.29 is 18.0 Å². The molecule has 0 aliphatic carbocycles. The second kappa shape index (κ2) is 7.46. The van der Waals surface area contributed by atoms with E-state index in [2.05, 4.69) is 10.3 Å². The minimum atomic E-state index is -4.38. The van der Waals surface area contributed by atoms with Crippen molar-refractivity contribution >= 4 is 5.91 Å². The van der Waals surface area contributed by atoms with Crippen LogP contribution in [0.4, 0.5) is 13.2 Å². The summed E-state index contributed by atoms with van der Waals surface area (Å²) in [5.41, 5.74) is 2.56. The molecule has 0 bridgehead atoms. The highest BCUT2D eigenvalue weighted by Gasteiger charge is 2.30. The van der Waals surface area contributed by atoms with Crippen LogP contribution in [0, 0.1) is 13.8 Å². The van der Waals surface area contributed by atoms with E-state index in [0.717, 1.165) is 23.4 Å². The molecule has 1 aromatic heterocycles. The Morgan fingerprint density at radius 1 is 1.04 bits per heavy atom. The van der Waals surface area contributed by atoms with Gasteiger partial charge in [-0.2, -0.15) is 13.2 Å². The van der Waals surface area contributed by atoms with Crippen molar-refractivity contribution in [1.82, 2.24) is 19.9 Å². The molecule has 0 atom stereocenters. The maximum absolute atomic E-state index is 12.7. The largest absolute Gasteiger partial charge is 0.416 e. The van der Waals surface area contributed by atoms with Gasteiger partial charge in [0.25, 0.3) is 5.91 Å². The number of rotatable bonds is 4. The molecule has 0 fully saturated rings. The van der Waals surface area contributed by atoms with E-state index in [1.807, 2.05) is 31.2 Å². The zero-order chi connectivity index (χ0) is 20.5. The Bertz CT molecular complexity index is 976. The van der Waals surface area contributed by atoms with Gasteiger partial charge in [-0.1, -0.05) is 35.0 Å². The molecule has 5 nitrogen and oxygen atoms in total. The van der Waals surface area contributed by atoms with Crippen LogP contribution in [0.2, 0.25) is 0 Å². The predicted molar refractivity (Wildman–Crippen MR) is 98.1 cm³/mol. The van der Waals surface area contributed by atoms with Gasteiger partial charge in [0.1, 0.15) is 0 Å². The van der Waals surface area contributed by atoms with Crippen molar-refractivity contribution in [2.24, 2.45) is 0 Å². The highest BCUT2D eigenvalue weighted by atomic mass is 19.4. The van der Waals surface area contributed by atoms with Gasteiger partial charge in [-0.3, -0.25) is 4.79 Å². The summed E-state index contributed by atoms with van der Waals surface area (Å²) in [6.07, 6.45) is -4.38. The minimum Gasteiger partial charge on any atom is -0.336 e. The van der Waals surface area contributed by atoms with E-state index in [1.54, 1.807) is 18.7 Å². The van der Waals surface area contributed by atoms with Crippen LogP contribution in [0.1, 0.15) is 32.9 Å². The lowest BCUT2D eigenvalue weighted by molar-refractivity contribution is -0.137. The summed E-state index contributed by atoms with van der Waals surface area (Å²) in [6, 6.07) is 12.4. The lowest BCUT2D eigenvalue weighted by atomic mass is 10.1. The molecule has 3 aromatic rings. The standard InChI is InChI=1S/C20H19F3N4O/c1-13-4-10-17(11-5-13)27-14(2)18(24-25-27)19(28)26(3)12-15-6-8-16(9-7-15)20(21,22)23/h4-11H,12H2,1-3H3. The molecule has 0 aliphatic heterocycles. The number of aryl methyl sites for hydroxylation is 1. The zero-order valence-electron chi connectivity index (χ0n) is 15.7. The lowest BCUT2D eigenvalue weighted by Gasteiger charge is -2.17. The quantitative estimate of drug-likeness (QED) is 0.674. The maximum Gasteiger partial charge on any atom is 0.416 e. The number of nitrogens with zero attached hydrogens (tertiary/aromatic N) is 4. The Balaban J connectivity index is 1.76. The van der Waals surface area contributed by atoms with Crippen LogP contribution in [-0.2, 0) is 12.7 Å². The third kappa shape index (κ3) is 4.05. The molecule has 1 amide bonds. The summed E-state index contributed by atoms with van der Waals surface area (Å²) >= 11 is 0. The van der Waals surface area contributed by atoms with E-state index >= 15 is 0 Å². The van der Waals surface area contributed by atoms with Gasteiger partial charge in [0.2, 0.25) is 0 Å². The van der Waals surface area contributed by atoms with Crippen LogP contribution in [0.25, 0.3) is 5.69 Å². The Morgan fingerprint density at radius 3 is 2.21 bits per heavy atom. The average molecular weight is 388 g/mol. The highest BCUT2D eigenvalue weighted by Crippen LogP contribution is 2.29. The number of hydrogen-bond acceptors (Lipinski definition) is 3. The summed E-state index contributed by atoms with van der Waals surface area (Å²) in [5.74, 6) is -0.351. The molecule has 0 spiro atoms. The van der Waals surface area contributed by atoms with Crippen molar-refractivity contribution in [2.45, 2.75) is 26.6 Å². The minimum absolute atomic E-state index is 0.161. The fourth-order valence-electron chi connectivity index (χ4n) is 2.78. The van der Waals surface area contributed by atoms with Crippen LogP contribution in [0.5, 0.6) is 0 Å². The molecule has 0 radical (unpaired) electrons. The Labute approximate surface area is 160 Å². The monoisotopic (exact) mass is 388 g/mol. The molecule has 2 aromatic carbocycles. The van der Waals surface area contributed by atoms with Gasteiger partial charge in [0.15, 0.2) is 5.69 Å². The predicted octanol–water partition coefficient (Wildman–Crippen LogP) is 4.18. The SMILES string of the molecule is Cc1ccc(-n2nnc(C(=O)N(C)Cc3ccc(C(F)(F)F)cc3)c2C)cc1. The average Bonchev–Trinajstić information content (AvgIpc) is 3.03. The molecule has 0 aliphatic rings. The van der Waals surface area contributed by atoms with Gasteiger partial charge in [0, 0.05) is 13.6 Å². The lowest BCUT2D eigenvalue weighted by Crippen LogP contribution is -2.27. The van der Waals surface area contributed by atoms with Crippen molar-refractivity contribution in [3.63, 3.8) is 0 Å². The smallest absolute Gasteiger partial charge is 0.336 e. The molecular formula is C20H19F3N4O. The van der Waals surface area contributed by atoms with Crippen LogP contribution in [0.15, 0.2) is 48.5 Å². The van der Waals surface area contributed by atoms with Crippen LogP contribution in [-0.4, -0.2) is 32.8 Å². The maximum atomic E-state index is 12.7. The number of alkyl halides is 3. The van der Waals surface area contributed by atoms with E-state index < -0.39 is 11.7 Å². The highest BCUT2D eigenvalue weighted by molar-refractivity contribution is 5.93. The summed E-state index contributed by atoms with van der Waals surface area (Å²) in [6.45, 7) is 3.88. The van der Waals surface area contributed by atoms with Crippen molar-refractivity contribution in [3.8, 4) is 5.69 Å². The zero-order valence-corrected chi connectivity index (χ0v) is 15.7. The number of aromatic nitrogens is 3. The van der Waals surface area contributed by atoms with Gasteiger partial charge < -0.3 is 4.90 Å². The van der Waals surface area contributed by atoms with Crippen molar-refractivity contribution in [2.75, 3.05) is 7.05 Å². The van der Waals surface area contributed by atoms with Crippen LogP contribution in [0.3, 0.4) is 0 Å². The molecule has 146 valence electrons. The van der Waals surface area contributed by atoms with Crippen molar-refractivity contribution in [1.29, 1.82) is 0 Å². The molecule has 3 rings (SSSR count). The van der Waals surface area contributed by atoms with Gasteiger partial charge >= 0.3 is 6.18 Å². The molecule has 0 saturated heterocycles. The first kappa shape index (κ1) is 19.6. The molecule has 8 heteroatoms. The molecule has 0 unspecified atom stereocenters. The molecule has 0 N–H and O–H groups in total. The number of carbonyl (C=O) groups excluding carboxylic acids is 1. The Hall–Kier alpha value is -3.16. The number of benzene rings is 2. The number of amides is 1. The van der Waals surface area contributed by atoms with E-state index in [-0.39, 0.29) is 18.1 Å². The summed E-state index contributed by atoms with van der Waals surface area (Å²) in [7, 11) is 1.57. The second-order valence-corrected chi connectivity index (χ2v) is 6.63. The Kier molecular flexibility index (Phi) is 5.22. The third-order valence-electron chi connectivity index (χ3n) is 4.42. The van der Waals surface area contributed by atoms with E-state index in [1.165, 1.54) is 17.0 Å². The van der Waals surface area contributed by atoms with Crippen LogP contribution < -0.4 is 0 Å². The third-order valence-corrected chi connectivity index (χ3v) is 4.42. The number of halogens is 3. The van der Waals surface area contributed by atoms with Crippen LogP contribution >= 0.6 is 0 Å². The van der Waals surface area contributed by atoms with Gasteiger partial charge in [-0.25, -0.2) is 4.68 Å². The number of carbonyl (C=O) groups is 1. The van der Waals surface area contributed by atoms with Gasteiger partial charge in [-0.15, -0.1) is 5.10 Å². The molecular weight excluding hydrogens is 369 g/mol. The first-order chi connectivity index (χ1) is 13.2. The first-order valence-corrected chi connectivity index (χ1v) is 8.58. The molecule has 0 saturated carbocycles. The molecule has 28 heavy (non-hydrogen) atoms. The van der Waals surface area contributed by atoms with Gasteiger partial charge in [-0.05, 0) is 43.7 Å². The normalized spacial score (nSPS) is 11.5. The topological polar surface area (TPSA) is 51.0 Å². The van der Waals surface area contributed by atoms with Gasteiger partial charge in [0.05, 0.1) is 16.9 Å². The van der Waals surface area contributed by atoms with E-state index in [4.69, 9.17) is 0 Å². The number of hydrogen-bond donors (Lipinski definition) is 0. The fourth-order valence-corrected chi connectivity index (χ4v) is 2.78. The first-order valence-electron chi connectivity index (χ1n) is 8.58. The summed E-state index contributed by atoms with van der Waals surface area (Å²) in [4.78, 5) is 14.1. The fraction of sp³-hybridized carbons (Fsp3) is 0.250. The second-order valence-electron chi connectivity index (χ2n) is 6.63. The molecule has 1 heterocycles. The van der Waals surface area contributed by atoms with E-state index in [0.29, 0.717) is 11.3 Å².